The van der Waals surface area contributed by atoms with Crippen molar-refractivity contribution >= 4 is 17.7 Å². The number of nitrogens with zero attached hydrogens (tertiary/aromatic N) is 1. The molecule has 0 radical (unpaired) electrons. The third-order valence-corrected chi connectivity index (χ3v) is 3.84. The SMILES string of the molecule is CCNC(=NCCCSc1ccccc1)NCCCOC. The minimum absolute atomic E-state index is 0.778. The van der Waals surface area contributed by atoms with Crippen LogP contribution in [0.1, 0.15) is 19.8 Å². The van der Waals surface area contributed by atoms with Crippen LogP contribution in [-0.4, -0.2) is 45.1 Å². The normalized spacial score (nSPS) is 11.4. The molecule has 0 aliphatic rings. The zero-order valence-electron chi connectivity index (χ0n) is 13.1. The van der Waals surface area contributed by atoms with E-state index in [0.717, 1.165) is 50.8 Å². The van der Waals surface area contributed by atoms with E-state index in [1.165, 1.54) is 4.90 Å². The number of hydrogen-bond acceptors (Lipinski definition) is 3. The lowest BCUT2D eigenvalue weighted by Gasteiger charge is -2.10. The van der Waals surface area contributed by atoms with Gasteiger partial charge in [0.25, 0.3) is 0 Å². The Labute approximate surface area is 132 Å². The van der Waals surface area contributed by atoms with E-state index in [2.05, 4.69) is 46.8 Å². The van der Waals surface area contributed by atoms with Gasteiger partial charge in [-0.15, -0.1) is 11.8 Å². The van der Waals surface area contributed by atoms with Crippen molar-refractivity contribution in [3.8, 4) is 0 Å². The van der Waals surface area contributed by atoms with Crippen LogP contribution in [0.3, 0.4) is 0 Å². The molecular formula is C16H27N3OS. The molecule has 1 aromatic carbocycles. The molecule has 0 aromatic heterocycles. The molecule has 4 nitrogen and oxygen atoms in total. The summed E-state index contributed by atoms with van der Waals surface area (Å²) in [5.74, 6) is 2.00. The number of methoxy groups -OCH3 is 1. The maximum Gasteiger partial charge on any atom is 0.191 e. The Morgan fingerprint density at radius 3 is 2.71 bits per heavy atom. The molecule has 1 rings (SSSR count). The van der Waals surface area contributed by atoms with Gasteiger partial charge in [0.05, 0.1) is 0 Å². The fraction of sp³-hybridized carbons (Fsp3) is 0.562. The highest BCUT2D eigenvalue weighted by atomic mass is 32.2. The van der Waals surface area contributed by atoms with Gasteiger partial charge in [0.1, 0.15) is 0 Å². The van der Waals surface area contributed by atoms with Crippen molar-refractivity contribution in [2.24, 2.45) is 4.99 Å². The fourth-order valence-corrected chi connectivity index (χ4v) is 2.59. The van der Waals surface area contributed by atoms with Gasteiger partial charge in [0.15, 0.2) is 5.96 Å². The van der Waals surface area contributed by atoms with Crippen LogP contribution < -0.4 is 10.6 Å². The first-order chi connectivity index (χ1) is 10.4. The summed E-state index contributed by atoms with van der Waals surface area (Å²) < 4.78 is 5.04. The van der Waals surface area contributed by atoms with E-state index in [-0.39, 0.29) is 0 Å². The fourth-order valence-electron chi connectivity index (χ4n) is 1.73. The molecule has 2 N–H and O–H groups in total. The van der Waals surface area contributed by atoms with Gasteiger partial charge in [0.2, 0.25) is 0 Å². The van der Waals surface area contributed by atoms with Crippen molar-refractivity contribution in [1.29, 1.82) is 0 Å². The van der Waals surface area contributed by atoms with Crippen molar-refractivity contribution in [3.63, 3.8) is 0 Å². The first-order valence-corrected chi connectivity index (χ1v) is 8.54. The van der Waals surface area contributed by atoms with Gasteiger partial charge in [0, 0.05) is 38.2 Å². The van der Waals surface area contributed by atoms with Crippen LogP contribution >= 0.6 is 11.8 Å². The molecule has 0 saturated heterocycles. The number of guanidine groups is 1. The van der Waals surface area contributed by atoms with E-state index in [9.17, 15) is 0 Å². The van der Waals surface area contributed by atoms with Crippen LogP contribution in [0.2, 0.25) is 0 Å². The van der Waals surface area contributed by atoms with Crippen molar-refractivity contribution in [1.82, 2.24) is 10.6 Å². The average molecular weight is 309 g/mol. The number of ether oxygens (including phenoxy) is 1. The lowest BCUT2D eigenvalue weighted by atomic mass is 10.4. The first kappa shape index (κ1) is 17.9. The third-order valence-electron chi connectivity index (χ3n) is 2.75. The van der Waals surface area contributed by atoms with Gasteiger partial charge in [-0.25, -0.2) is 0 Å². The Hall–Kier alpha value is -1.20. The summed E-state index contributed by atoms with van der Waals surface area (Å²) in [4.78, 5) is 5.91. The van der Waals surface area contributed by atoms with Crippen molar-refractivity contribution in [3.05, 3.63) is 30.3 Å². The second kappa shape index (κ2) is 12.5. The molecular weight excluding hydrogens is 282 g/mol. The molecule has 0 saturated carbocycles. The van der Waals surface area contributed by atoms with Gasteiger partial charge < -0.3 is 15.4 Å². The molecule has 0 unspecified atom stereocenters. The third kappa shape index (κ3) is 9.37. The number of thioether (sulfide) groups is 1. The highest BCUT2D eigenvalue weighted by Gasteiger charge is 1.97. The lowest BCUT2D eigenvalue weighted by molar-refractivity contribution is 0.195. The first-order valence-electron chi connectivity index (χ1n) is 7.55. The van der Waals surface area contributed by atoms with Gasteiger partial charge in [-0.1, -0.05) is 18.2 Å². The van der Waals surface area contributed by atoms with Crippen LogP contribution in [-0.2, 0) is 4.74 Å². The summed E-state index contributed by atoms with van der Waals surface area (Å²) in [7, 11) is 1.73. The Kier molecular flexibility index (Phi) is 10.7. The molecule has 0 aliphatic heterocycles. The second-order valence-electron chi connectivity index (χ2n) is 4.55. The molecule has 0 bridgehead atoms. The predicted octanol–water partition coefficient (Wildman–Crippen LogP) is 2.76. The largest absolute Gasteiger partial charge is 0.385 e. The average Bonchev–Trinajstić information content (AvgIpc) is 2.52. The quantitative estimate of drug-likeness (QED) is 0.302. The molecule has 5 heteroatoms. The smallest absolute Gasteiger partial charge is 0.191 e. The van der Waals surface area contributed by atoms with Crippen molar-refractivity contribution in [2.45, 2.75) is 24.7 Å². The molecule has 118 valence electrons. The predicted molar refractivity (Wildman–Crippen MR) is 92.3 cm³/mol. The second-order valence-corrected chi connectivity index (χ2v) is 5.72. The Balaban J connectivity index is 2.17. The Bertz CT molecular complexity index is 384. The maximum absolute atomic E-state index is 5.04. The summed E-state index contributed by atoms with van der Waals surface area (Å²) in [6, 6.07) is 10.5. The number of nitrogens with one attached hydrogen (secondary N) is 2. The van der Waals surface area contributed by atoms with Crippen LogP contribution in [0, 0.1) is 0 Å². The molecule has 0 fully saturated rings. The van der Waals surface area contributed by atoms with E-state index in [1.807, 2.05) is 17.8 Å². The Morgan fingerprint density at radius 2 is 2.00 bits per heavy atom. The molecule has 0 heterocycles. The molecule has 0 spiro atoms. The zero-order valence-corrected chi connectivity index (χ0v) is 13.9. The van der Waals surface area contributed by atoms with Crippen LogP contribution in [0.4, 0.5) is 0 Å². The summed E-state index contributed by atoms with van der Waals surface area (Å²) in [5, 5.41) is 6.58. The van der Waals surface area contributed by atoms with Crippen LogP contribution in [0.25, 0.3) is 0 Å². The van der Waals surface area contributed by atoms with Crippen LogP contribution in [0.15, 0.2) is 40.2 Å². The highest BCUT2D eigenvalue weighted by molar-refractivity contribution is 7.99. The maximum atomic E-state index is 5.04. The summed E-state index contributed by atoms with van der Waals surface area (Å²) in [5.41, 5.74) is 0. The highest BCUT2D eigenvalue weighted by Crippen LogP contribution is 2.17. The number of hydrogen-bond donors (Lipinski definition) is 2. The van der Waals surface area contributed by atoms with Crippen LogP contribution in [0.5, 0.6) is 0 Å². The van der Waals surface area contributed by atoms with E-state index in [1.54, 1.807) is 7.11 Å². The number of benzene rings is 1. The Morgan fingerprint density at radius 1 is 1.19 bits per heavy atom. The van der Waals surface area contributed by atoms with Gasteiger partial charge in [-0.05, 0) is 37.7 Å². The monoisotopic (exact) mass is 309 g/mol. The van der Waals surface area contributed by atoms with Crippen molar-refractivity contribution in [2.75, 3.05) is 39.1 Å². The van der Waals surface area contributed by atoms with E-state index < -0.39 is 0 Å². The van der Waals surface area contributed by atoms with Gasteiger partial charge >= 0.3 is 0 Å². The summed E-state index contributed by atoms with van der Waals surface area (Å²) >= 11 is 1.88. The molecule has 1 aromatic rings. The van der Waals surface area contributed by atoms with Gasteiger partial charge in [-0.2, -0.15) is 0 Å². The lowest BCUT2D eigenvalue weighted by Crippen LogP contribution is -2.38. The molecule has 0 aliphatic carbocycles. The zero-order chi connectivity index (χ0) is 15.2. The number of rotatable bonds is 10. The molecule has 0 atom stereocenters. The minimum Gasteiger partial charge on any atom is -0.385 e. The van der Waals surface area contributed by atoms with E-state index in [4.69, 9.17) is 4.74 Å². The molecule has 0 amide bonds. The molecule has 21 heavy (non-hydrogen) atoms. The summed E-state index contributed by atoms with van der Waals surface area (Å²) in [6.07, 6.45) is 2.07. The minimum atomic E-state index is 0.778. The van der Waals surface area contributed by atoms with Crippen molar-refractivity contribution < 1.29 is 4.74 Å². The summed E-state index contributed by atoms with van der Waals surface area (Å²) in [6.45, 7) is 5.48. The standard InChI is InChI=1S/C16H27N3OS/c1-3-17-16(18-11-7-13-20-2)19-12-8-14-21-15-9-5-4-6-10-15/h4-6,9-10H,3,7-8,11-14H2,1-2H3,(H2,17,18,19). The number of aliphatic imine (C=N–C) groups is 1. The van der Waals surface area contributed by atoms with E-state index in [0.29, 0.717) is 0 Å². The van der Waals surface area contributed by atoms with Gasteiger partial charge in [-0.3, -0.25) is 4.99 Å². The topological polar surface area (TPSA) is 45.7 Å². The van der Waals surface area contributed by atoms with E-state index >= 15 is 0 Å².